The summed E-state index contributed by atoms with van der Waals surface area (Å²) in [6.45, 7) is 5.64. The molecular formula is C18H27N3O. The van der Waals surface area contributed by atoms with Crippen molar-refractivity contribution in [1.82, 2.24) is 4.90 Å². The number of ether oxygens (including phenoxy) is 1. The molecule has 3 fully saturated rings. The van der Waals surface area contributed by atoms with E-state index in [1.807, 2.05) is 0 Å². The summed E-state index contributed by atoms with van der Waals surface area (Å²) < 4.78 is 5.55. The van der Waals surface area contributed by atoms with Crippen molar-refractivity contribution < 1.29 is 4.74 Å². The summed E-state index contributed by atoms with van der Waals surface area (Å²) in [7, 11) is 0. The van der Waals surface area contributed by atoms with Crippen molar-refractivity contribution in [3.05, 3.63) is 30.3 Å². The Bertz CT molecular complexity index is 516. The first kappa shape index (κ1) is 14.5. The molecule has 0 unspecified atom stereocenters. The predicted molar refractivity (Wildman–Crippen MR) is 88.9 cm³/mol. The molecule has 1 saturated heterocycles. The number of fused-ring (bicyclic) bond motifs is 1. The second-order valence-corrected chi connectivity index (χ2v) is 7.05. The van der Waals surface area contributed by atoms with Gasteiger partial charge in [0.05, 0.1) is 13.2 Å². The molecule has 3 aliphatic rings. The van der Waals surface area contributed by atoms with E-state index < -0.39 is 0 Å². The Kier molecular flexibility index (Phi) is 3.63. The van der Waals surface area contributed by atoms with Gasteiger partial charge in [0.2, 0.25) is 0 Å². The molecular weight excluding hydrogens is 274 g/mol. The third-order valence-corrected chi connectivity index (χ3v) is 6.41. The number of nitrogens with zero attached hydrogens (tertiary/aromatic N) is 1. The van der Waals surface area contributed by atoms with Crippen LogP contribution in [0, 0.1) is 11.3 Å². The summed E-state index contributed by atoms with van der Waals surface area (Å²) in [4.78, 5) is 2.65. The molecule has 0 amide bonds. The number of nitrogens with two attached hydrogens (primary N) is 1. The van der Waals surface area contributed by atoms with Gasteiger partial charge in [-0.3, -0.25) is 4.90 Å². The maximum Gasteiger partial charge on any atom is 0.0594 e. The van der Waals surface area contributed by atoms with Crippen LogP contribution in [0.1, 0.15) is 19.3 Å². The molecule has 0 radical (unpaired) electrons. The van der Waals surface area contributed by atoms with Gasteiger partial charge in [0, 0.05) is 42.8 Å². The van der Waals surface area contributed by atoms with Crippen molar-refractivity contribution >= 4 is 5.69 Å². The zero-order valence-electron chi connectivity index (χ0n) is 13.3. The molecule has 22 heavy (non-hydrogen) atoms. The highest BCUT2D eigenvalue weighted by Crippen LogP contribution is 2.73. The summed E-state index contributed by atoms with van der Waals surface area (Å²) in [5.41, 5.74) is 8.15. The molecule has 0 aromatic heterocycles. The highest BCUT2D eigenvalue weighted by molar-refractivity contribution is 5.45. The van der Waals surface area contributed by atoms with Gasteiger partial charge < -0.3 is 15.8 Å². The predicted octanol–water partition coefficient (Wildman–Crippen LogP) is 1.93. The van der Waals surface area contributed by atoms with E-state index in [-0.39, 0.29) is 5.54 Å². The Morgan fingerprint density at radius 3 is 2.73 bits per heavy atom. The van der Waals surface area contributed by atoms with Gasteiger partial charge in [-0.25, -0.2) is 0 Å². The highest BCUT2D eigenvalue weighted by Gasteiger charge is 2.78. The first-order valence-electron chi connectivity index (χ1n) is 8.65. The molecule has 1 heterocycles. The Balaban J connectivity index is 1.53. The van der Waals surface area contributed by atoms with Gasteiger partial charge in [-0.1, -0.05) is 24.6 Å². The first-order valence-corrected chi connectivity index (χ1v) is 8.65. The molecule has 1 aliphatic heterocycles. The molecule has 3 N–H and O–H groups in total. The third kappa shape index (κ3) is 1.94. The highest BCUT2D eigenvalue weighted by atomic mass is 16.5. The fourth-order valence-electron chi connectivity index (χ4n) is 5.42. The van der Waals surface area contributed by atoms with Crippen LogP contribution in [0.25, 0.3) is 0 Å². The first-order chi connectivity index (χ1) is 10.8. The summed E-state index contributed by atoms with van der Waals surface area (Å²) in [6, 6.07) is 10.6. The lowest BCUT2D eigenvalue weighted by Crippen LogP contribution is -2.54. The van der Waals surface area contributed by atoms with Gasteiger partial charge in [0.1, 0.15) is 0 Å². The lowest BCUT2D eigenvalue weighted by molar-refractivity contribution is -0.00450. The number of nitrogens with one attached hydrogen (secondary N) is 1. The largest absolute Gasteiger partial charge is 0.384 e. The Morgan fingerprint density at radius 1 is 1.23 bits per heavy atom. The van der Waals surface area contributed by atoms with Crippen LogP contribution in [-0.4, -0.2) is 49.8 Å². The van der Waals surface area contributed by atoms with E-state index >= 15 is 0 Å². The molecule has 120 valence electrons. The van der Waals surface area contributed by atoms with E-state index in [1.165, 1.54) is 24.9 Å². The molecule has 1 aromatic rings. The Morgan fingerprint density at radius 2 is 2.00 bits per heavy atom. The average molecular weight is 301 g/mol. The molecule has 4 rings (SSSR count). The van der Waals surface area contributed by atoms with Crippen LogP contribution >= 0.6 is 0 Å². The zero-order chi connectivity index (χ0) is 15.0. The van der Waals surface area contributed by atoms with Crippen molar-refractivity contribution in [2.75, 3.05) is 44.7 Å². The molecule has 1 aromatic carbocycles. The van der Waals surface area contributed by atoms with Gasteiger partial charge in [0.25, 0.3) is 0 Å². The van der Waals surface area contributed by atoms with Gasteiger partial charge >= 0.3 is 0 Å². The van der Waals surface area contributed by atoms with Gasteiger partial charge in [-0.15, -0.1) is 0 Å². The van der Waals surface area contributed by atoms with Crippen molar-refractivity contribution in [3.8, 4) is 0 Å². The van der Waals surface area contributed by atoms with Crippen LogP contribution in [0.15, 0.2) is 30.3 Å². The molecule has 2 aliphatic carbocycles. The van der Waals surface area contributed by atoms with Crippen LogP contribution in [0.2, 0.25) is 0 Å². The normalized spacial score (nSPS) is 37.8. The smallest absolute Gasteiger partial charge is 0.0594 e. The monoisotopic (exact) mass is 301 g/mol. The summed E-state index contributed by atoms with van der Waals surface area (Å²) in [6.07, 6.45) is 4.00. The van der Waals surface area contributed by atoms with Crippen molar-refractivity contribution in [2.45, 2.75) is 24.8 Å². The Hall–Kier alpha value is -1.10. The number of anilines is 1. The molecule has 0 spiro atoms. The van der Waals surface area contributed by atoms with E-state index in [1.54, 1.807) is 0 Å². The maximum atomic E-state index is 6.33. The number of benzene rings is 1. The standard InChI is InChI=1S/C18H27N3O/c19-13-18(21-9-11-22-12-10-21)16-7-4-8-17(16,18)14-20-15-5-2-1-3-6-15/h1-3,5-6,16,20H,4,7-14,19H2/t16-,17+,18+/m0/s1. The van der Waals surface area contributed by atoms with E-state index in [0.29, 0.717) is 5.41 Å². The van der Waals surface area contributed by atoms with E-state index in [9.17, 15) is 0 Å². The fourth-order valence-corrected chi connectivity index (χ4v) is 5.42. The third-order valence-electron chi connectivity index (χ3n) is 6.41. The lowest BCUT2D eigenvalue weighted by Gasteiger charge is -2.39. The van der Waals surface area contributed by atoms with E-state index in [2.05, 4.69) is 40.5 Å². The van der Waals surface area contributed by atoms with Crippen molar-refractivity contribution in [1.29, 1.82) is 0 Å². The molecule has 3 atom stereocenters. The van der Waals surface area contributed by atoms with Gasteiger partial charge in [-0.05, 0) is 30.9 Å². The van der Waals surface area contributed by atoms with E-state index in [0.717, 1.165) is 45.3 Å². The average Bonchev–Trinajstić information content (AvgIpc) is 2.89. The lowest BCUT2D eigenvalue weighted by atomic mass is 9.92. The van der Waals surface area contributed by atoms with Crippen LogP contribution in [-0.2, 0) is 4.74 Å². The number of hydrogen-bond donors (Lipinski definition) is 2. The number of morpholine rings is 1. The topological polar surface area (TPSA) is 50.5 Å². The minimum absolute atomic E-state index is 0.219. The fraction of sp³-hybridized carbons (Fsp3) is 0.667. The van der Waals surface area contributed by atoms with E-state index in [4.69, 9.17) is 10.5 Å². The number of para-hydroxylation sites is 1. The Labute approximate surface area is 133 Å². The maximum absolute atomic E-state index is 6.33. The second kappa shape index (κ2) is 5.52. The molecule has 0 bridgehead atoms. The zero-order valence-corrected chi connectivity index (χ0v) is 13.3. The summed E-state index contributed by atoms with van der Waals surface area (Å²) in [5, 5.41) is 3.68. The quantitative estimate of drug-likeness (QED) is 0.872. The van der Waals surface area contributed by atoms with Gasteiger partial charge in [-0.2, -0.15) is 0 Å². The number of rotatable bonds is 5. The van der Waals surface area contributed by atoms with Crippen molar-refractivity contribution in [3.63, 3.8) is 0 Å². The van der Waals surface area contributed by atoms with Gasteiger partial charge in [0.15, 0.2) is 0 Å². The van der Waals surface area contributed by atoms with Crippen LogP contribution < -0.4 is 11.1 Å². The summed E-state index contributed by atoms with van der Waals surface area (Å²) >= 11 is 0. The minimum atomic E-state index is 0.219. The SMILES string of the molecule is NC[C@@]1(N2CCOCC2)[C@H]2CCC[C@@]21CNc1ccccc1. The molecule has 4 heteroatoms. The van der Waals surface area contributed by atoms with Crippen LogP contribution in [0.5, 0.6) is 0 Å². The second-order valence-electron chi connectivity index (χ2n) is 7.05. The molecule has 4 nitrogen and oxygen atoms in total. The van der Waals surface area contributed by atoms with Crippen molar-refractivity contribution in [2.24, 2.45) is 17.1 Å². The summed E-state index contributed by atoms with van der Waals surface area (Å²) in [5.74, 6) is 0.763. The number of hydrogen-bond acceptors (Lipinski definition) is 4. The minimum Gasteiger partial charge on any atom is -0.384 e. The molecule has 2 saturated carbocycles. The van der Waals surface area contributed by atoms with Crippen LogP contribution in [0.4, 0.5) is 5.69 Å². The van der Waals surface area contributed by atoms with Crippen LogP contribution in [0.3, 0.4) is 0 Å².